The minimum Gasteiger partial charge on any atom is -0.497 e. The van der Waals surface area contributed by atoms with Gasteiger partial charge in [-0.3, -0.25) is 10.1 Å². The van der Waals surface area contributed by atoms with E-state index in [1.165, 1.54) is 18.2 Å². The summed E-state index contributed by atoms with van der Waals surface area (Å²) >= 11 is 8.16. The molecule has 0 fully saturated rings. The van der Waals surface area contributed by atoms with Gasteiger partial charge >= 0.3 is 0 Å². The summed E-state index contributed by atoms with van der Waals surface area (Å²) < 4.78 is 19.4. The van der Waals surface area contributed by atoms with E-state index in [0.717, 1.165) is 11.3 Å². The first-order chi connectivity index (χ1) is 11.5. The van der Waals surface area contributed by atoms with Crippen LogP contribution in [0.15, 0.2) is 53.0 Å². The maximum Gasteiger partial charge on any atom is 0.250 e. The molecule has 0 aromatic heterocycles. The number of methoxy groups -OCH3 is 1. The third-order valence-electron chi connectivity index (χ3n) is 2.96. The second-order valence-corrected chi connectivity index (χ2v) is 6.00. The van der Waals surface area contributed by atoms with Gasteiger partial charge in [0.15, 0.2) is 5.11 Å². The summed E-state index contributed by atoms with van der Waals surface area (Å²) in [5.41, 5.74) is 1.02. The Kier molecular flexibility index (Phi) is 6.45. The molecule has 0 spiro atoms. The fourth-order valence-corrected chi connectivity index (χ4v) is 2.33. The van der Waals surface area contributed by atoms with Crippen molar-refractivity contribution in [3.05, 3.63) is 64.4 Å². The van der Waals surface area contributed by atoms with Crippen molar-refractivity contribution in [1.82, 2.24) is 5.32 Å². The van der Waals surface area contributed by atoms with Gasteiger partial charge in [0.25, 0.3) is 0 Å². The van der Waals surface area contributed by atoms with Gasteiger partial charge in [-0.25, -0.2) is 4.39 Å². The van der Waals surface area contributed by atoms with Crippen LogP contribution in [-0.4, -0.2) is 18.1 Å². The molecular formula is C17H14BrFN2O2S. The summed E-state index contributed by atoms with van der Waals surface area (Å²) in [5, 5.41) is 5.10. The van der Waals surface area contributed by atoms with Crippen LogP contribution < -0.4 is 15.4 Å². The lowest BCUT2D eigenvalue weighted by Gasteiger charge is -2.09. The molecule has 1 amide bonds. The Morgan fingerprint density at radius 1 is 1.25 bits per heavy atom. The molecule has 24 heavy (non-hydrogen) atoms. The predicted molar refractivity (Wildman–Crippen MR) is 100 cm³/mol. The average molecular weight is 409 g/mol. The second-order valence-electron chi connectivity index (χ2n) is 4.67. The Hall–Kier alpha value is -2.25. The number of rotatable bonds is 4. The molecule has 0 heterocycles. The molecule has 2 aromatic carbocycles. The lowest BCUT2D eigenvalue weighted by molar-refractivity contribution is -0.115. The van der Waals surface area contributed by atoms with Crippen LogP contribution in [0.5, 0.6) is 5.75 Å². The third-order valence-corrected chi connectivity index (χ3v) is 3.66. The number of ether oxygens (including phenoxy) is 1. The lowest BCUT2D eigenvalue weighted by Crippen LogP contribution is -2.33. The molecule has 4 nitrogen and oxygen atoms in total. The third kappa shape index (κ3) is 5.43. The highest BCUT2D eigenvalue weighted by Gasteiger charge is 2.06. The molecule has 0 atom stereocenters. The molecule has 7 heteroatoms. The first kappa shape index (κ1) is 18.1. The number of carbonyl (C=O) groups is 1. The van der Waals surface area contributed by atoms with E-state index in [0.29, 0.717) is 4.47 Å². The number of hydrogen-bond acceptors (Lipinski definition) is 3. The van der Waals surface area contributed by atoms with E-state index >= 15 is 0 Å². The van der Waals surface area contributed by atoms with Gasteiger partial charge in [-0.15, -0.1) is 0 Å². The van der Waals surface area contributed by atoms with Crippen molar-refractivity contribution in [3.63, 3.8) is 0 Å². The van der Waals surface area contributed by atoms with Gasteiger partial charge in [0, 0.05) is 10.5 Å². The van der Waals surface area contributed by atoms with E-state index in [4.69, 9.17) is 17.0 Å². The molecule has 2 aromatic rings. The van der Waals surface area contributed by atoms with Crippen LogP contribution in [0.3, 0.4) is 0 Å². The molecule has 2 N–H and O–H groups in total. The predicted octanol–water partition coefficient (Wildman–Crippen LogP) is 4.12. The van der Waals surface area contributed by atoms with Crippen LogP contribution in [0.2, 0.25) is 0 Å². The monoisotopic (exact) mass is 408 g/mol. The maximum absolute atomic E-state index is 13.7. The van der Waals surface area contributed by atoms with Crippen molar-refractivity contribution in [2.24, 2.45) is 0 Å². The number of nitrogens with one attached hydrogen (secondary N) is 2. The number of benzene rings is 2. The zero-order valence-corrected chi connectivity index (χ0v) is 15.1. The number of amides is 1. The first-order valence-corrected chi connectivity index (χ1v) is 8.07. The topological polar surface area (TPSA) is 50.4 Å². The molecule has 0 aliphatic heterocycles. The van der Waals surface area contributed by atoms with Crippen molar-refractivity contribution in [2.75, 3.05) is 12.4 Å². The van der Waals surface area contributed by atoms with Crippen molar-refractivity contribution < 1.29 is 13.9 Å². The van der Waals surface area contributed by atoms with E-state index in [1.807, 2.05) is 12.1 Å². The molecular weight excluding hydrogens is 395 g/mol. The molecule has 124 valence electrons. The molecule has 0 radical (unpaired) electrons. The van der Waals surface area contributed by atoms with E-state index < -0.39 is 11.7 Å². The van der Waals surface area contributed by atoms with Gasteiger partial charge in [0.2, 0.25) is 5.91 Å². The number of halogens is 2. The molecule has 0 aliphatic rings. The van der Waals surface area contributed by atoms with E-state index in [-0.39, 0.29) is 10.8 Å². The summed E-state index contributed by atoms with van der Waals surface area (Å²) in [6, 6.07) is 11.7. The first-order valence-electron chi connectivity index (χ1n) is 6.87. The highest BCUT2D eigenvalue weighted by atomic mass is 79.9. The largest absolute Gasteiger partial charge is 0.497 e. The number of hydrogen-bond donors (Lipinski definition) is 2. The van der Waals surface area contributed by atoms with Crippen LogP contribution in [0.4, 0.5) is 10.1 Å². The summed E-state index contributed by atoms with van der Waals surface area (Å²) in [7, 11) is 1.58. The average Bonchev–Trinajstić information content (AvgIpc) is 2.56. The number of anilines is 1. The van der Waals surface area contributed by atoms with Crippen LogP contribution in [0.1, 0.15) is 5.56 Å². The van der Waals surface area contributed by atoms with Gasteiger partial charge in [-0.05, 0) is 54.2 Å². The smallest absolute Gasteiger partial charge is 0.250 e. The van der Waals surface area contributed by atoms with Gasteiger partial charge < -0.3 is 10.1 Å². The normalized spacial score (nSPS) is 10.5. The van der Waals surface area contributed by atoms with Crippen LogP contribution in [-0.2, 0) is 4.79 Å². The van der Waals surface area contributed by atoms with Crippen molar-refractivity contribution in [2.45, 2.75) is 0 Å². The maximum atomic E-state index is 13.7. The zero-order valence-electron chi connectivity index (χ0n) is 12.7. The quantitative estimate of drug-likeness (QED) is 0.589. The SMILES string of the molecule is COc1ccc(/C=C/C(=O)NC(=S)Nc2ccc(Br)cc2F)cc1. The van der Waals surface area contributed by atoms with Crippen molar-refractivity contribution >= 4 is 50.9 Å². The number of carbonyl (C=O) groups excluding carboxylic acids is 1. The highest BCUT2D eigenvalue weighted by Crippen LogP contribution is 2.19. The van der Waals surface area contributed by atoms with Gasteiger partial charge in [0.1, 0.15) is 11.6 Å². The minimum absolute atomic E-state index is 0.0144. The van der Waals surface area contributed by atoms with E-state index in [9.17, 15) is 9.18 Å². The van der Waals surface area contributed by atoms with Crippen molar-refractivity contribution in [3.8, 4) is 5.75 Å². The Bertz CT molecular complexity index is 779. The zero-order chi connectivity index (χ0) is 17.5. The minimum atomic E-state index is -0.477. The molecule has 0 aliphatic carbocycles. The van der Waals surface area contributed by atoms with E-state index in [1.54, 1.807) is 31.4 Å². The second kappa shape index (κ2) is 8.56. The lowest BCUT2D eigenvalue weighted by atomic mass is 10.2. The molecule has 0 saturated heterocycles. The van der Waals surface area contributed by atoms with Gasteiger partial charge in [-0.1, -0.05) is 28.1 Å². The van der Waals surface area contributed by atoms with Gasteiger partial charge in [-0.2, -0.15) is 0 Å². The van der Waals surface area contributed by atoms with E-state index in [2.05, 4.69) is 26.6 Å². The molecule has 2 rings (SSSR count). The Morgan fingerprint density at radius 3 is 2.58 bits per heavy atom. The molecule has 0 bridgehead atoms. The summed E-state index contributed by atoms with van der Waals surface area (Å²) in [6.45, 7) is 0. The fourth-order valence-electron chi connectivity index (χ4n) is 1.78. The van der Waals surface area contributed by atoms with Crippen LogP contribution in [0.25, 0.3) is 6.08 Å². The van der Waals surface area contributed by atoms with Gasteiger partial charge in [0.05, 0.1) is 12.8 Å². The Balaban J connectivity index is 1.91. The summed E-state index contributed by atoms with van der Waals surface area (Å²) in [6.07, 6.45) is 2.98. The highest BCUT2D eigenvalue weighted by molar-refractivity contribution is 9.10. The summed E-state index contributed by atoms with van der Waals surface area (Å²) in [4.78, 5) is 11.8. The fraction of sp³-hybridized carbons (Fsp3) is 0.0588. The molecule has 0 saturated carbocycles. The van der Waals surface area contributed by atoms with Crippen molar-refractivity contribution in [1.29, 1.82) is 0 Å². The van der Waals surface area contributed by atoms with Crippen LogP contribution >= 0.6 is 28.1 Å². The van der Waals surface area contributed by atoms with Crippen LogP contribution in [0, 0.1) is 5.82 Å². The molecule has 0 unspecified atom stereocenters. The standard InChI is InChI=1S/C17H14BrFN2O2S/c1-23-13-6-2-11(3-7-13)4-9-16(22)21-17(24)20-15-8-5-12(18)10-14(15)19/h2-10H,1H3,(H2,20,21,22,24)/b9-4+. The Labute approximate surface area is 152 Å². The Morgan fingerprint density at radius 2 is 1.96 bits per heavy atom. The summed E-state index contributed by atoms with van der Waals surface area (Å²) in [5.74, 6) is -0.158. The number of thiocarbonyl (C=S) groups is 1.